The van der Waals surface area contributed by atoms with Crippen molar-refractivity contribution in [1.29, 1.82) is 0 Å². The molecule has 0 radical (unpaired) electrons. The first kappa shape index (κ1) is 15.5. The molecule has 122 valence electrons. The van der Waals surface area contributed by atoms with Gasteiger partial charge in [0.25, 0.3) is 0 Å². The predicted octanol–water partition coefficient (Wildman–Crippen LogP) is 0.0951. The zero-order valence-electron chi connectivity index (χ0n) is 12.6. The number of halogens is 1. The summed E-state index contributed by atoms with van der Waals surface area (Å²) < 4.78 is 12.8. The largest absolute Gasteiger partial charge is 0.325 e. The zero-order valence-corrected chi connectivity index (χ0v) is 12.6. The summed E-state index contributed by atoms with van der Waals surface area (Å²) in [6.07, 6.45) is 0. The van der Waals surface area contributed by atoms with Gasteiger partial charge in [-0.15, -0.1) is 10.2 Å². The van der Waals surface area contributed by atoms with Crippen LogP contribution < -0.4 is 5.32 Å². The lowest BCUT2D eigenvalue weighted by atomic mass is 10.3. The third kappa shape index (κ3) is 4.54. The van der Waals surface area contributed by atoms with Gasteiger partial charge in [0, 0.05) is 31.9 Å². The second-order valence-electron chi connectivity index (χ2n) is 5.44. The van der Waals surface area contributed by atoms with Crippen molar-refractivity contribution in [3.05, 3.63) is 35.9 Å². The van der Waals surface area contributed by atoms with Crippen molar-refractivity contribution >= 4 is 11.6 Å². The first-order valence-electron chi connectivity index (χ1n) is 7.41. The molecule has 0 atom stereocenters. The molecule has 1 aliphatic heterocycles. The van der Waals surface area contributed by atoms with E-state index in [1.165, 1.54) is 12.1 Å². The summed E-state index contributed by atoms with van der Waals surface area (Å²) >= 11 is 0. The van der Waals surface area contributed by atoms with Crippen LogP contribution >= 0.6 is 0 Å². The molecule has 2 N–H and O–H groups in total. The first-order chi connectivity index (χ1) is 11.2. The molecular weight excluding hydrogens is 301 g/mol. The summed E-state index contributed by atoms with van der Waals surface area (Å²) in [4.78, 5) is 16.3. The van der Waals surface area contributed by atoms with E-state index in [4.69, 9.17) is 0 Å². The Kier molecular flexibility index (Phi) is 4.89. The number of anilines is 1. The van der Waals surface area contributed by atoms with Crippen molar-refractivity contribution < 1.29 is 9.18 Å². The summed E-state index contributed by atoms with van der Waals surface area (Å²) in [5.41, 5.74) is 0.604. The van der Waals surface area contributed by atoms with Crippen LogP contribution in [0.1, 0.15) is 5.82 Å². The van der Waals surface area contributed by atoms with E-state index in [1.54, 1.807) is 12.1 Å². The number of aromatic nitrogens is 4. The number of nitrogens with one attached hydrogen (secondary N) is 2. The first-order valence-corrected chi connectivity index (χ1v) is 7.41. The molecule has 1 aliphatic rings. The fraction of sp³-hybridized carbons (Fsp3) is 0.429. The quantitative estimate of drug-likeness (QED) is 0.812. The van der Waals surface area contributed by atoms with E-state index in [9.17, 15) is 9.18 Å². The monoisotopic (exact) mass is 319 g/mol. The van der Waals surface area contributed by atoms with Crippen LogP contribution in [-0.2, 0) is 11.3 Å². The molecule has 1 fully saturated rings. The molecule has 1 aromatic carbocycles. The summed E-state index contributed by atoms with van der Waals surface area (Å²) in [5.74, 6) is 0.261. The predicted molar refractivity (Wildman–Crippen MR) is 80.9 cm³/mol. The number of piperazine rings is 1. The van der Waals surface area contributed by atoms with Crippen LogP contribution in [0.25, 0.3) is 0 Å². The molecule has 1 saturated heterocycles. The highest BCUT2D eigenvalue weighted by molar-refractivity contribution is 5.92. The maximum absolute atomic E-state index is 12.8. The van der Waals surface area contributed by atoms with Crippen LogP contribution in [0.15, 0.2) is 24.3 Å². The Morgan fingerprint density at radius 3 is 2.52 bits per heavy atom. The Hall–Kier alpha value is -2.39. The Bertz CT molecular complexity index is 623. The van der Waals surface area contributed by atoms with E-state index >= 15 is 0 Å². The highest BCUT2D eigenvalue weighted by atomic mass is 19.1. The topological polar surface area (TPSA) is 90.0 Å². The molecule has 2 aromatic rings. The van der Waals surface area contributed by atoms with Crippen LogP contribution in [0.3, 0.4) is 0 Å². The van der Waals surface area contributed by atoms with Gasteiger partial charge in [0.05, 0.1) is 13.1 Å². The maximum Gasteiger partial charge on any atom is 0.238 e. The molecule has 1 aromatic heterocycles. The average molecular weight is 319 g/mol. The summed E-state index contributed by atoms with van der Waals surface area (Å²) in [7, 11) is 0. The Labute approximate surface area is 132 Å². The summed E-state index contributed by atoms with van der Waals surface area (Å²) in [5, 5.41) is 16.6. The number of H-pyrrole nitrogens is 1. The van der Waals surface area contributed by atoms with Crippen molar-refractivity contribution in [2.45, 2.75) is 6.54 Å². The SMILES string of the molecule is O=C(CN1CCN(Cc2nn[nH]n2)CC1)Nc1ccc(F)cc1. The Morgan fingerprint density at radius 2 is 1.87 bits per heavy atom. The maximum atomic E-state index is 12.8. The highest BCUT2D eigenvalue weighted by Gasteiger charge is 2.20. The number of tetrazole rings is 1. The van der Waals surface area contributed by atoms with E-state index in [-0.39, 0.29) is 11.7 Å². The van der Waals surface area contributed by atoms with Crippen LogP contribution in [0.5, 0.6) is 0 Å². The van der Waals surface area contributed by atoms with E-state index in [0.29, 0.717) is 24.6 Å². The number of nitrogens with zero attached hydrogens (tertiary/aromatic N) is 5. The minimum atomic E-state index is -0.319. The van der Waals surface area contributed by atoms with E-state index in [0.717, 1.165) is 26.2 Å². The van der Waals surface area contributed by atoms with Gasteiger partial charge in [-0.25, -0.2) is 4.39 Å². The van der Waals surface area contributed by atoms with Crippen LogP contribution in [0.4, 0.5) is 10.1 Å². The van der Waals surface area contributed by atoms with Crippen molar-refractivity contribution in [3.63, 3.8) is 0 Å². The molecule has 0 bridgehead atoms. The minimum absolute atomic E-state index is 0.0942. The molecule has 23 heavy (non-hydrogen) atoms. The number of carbonyl (C=O) groups excluding carboxylic acids is 1. The molecule has 3 rings (SSSR count). The lowest BCUT2D eigenvalue weighted by molar-refractivity contribution is -0.117. The smallest absolute Gasteiger partial charge is 0.238 e. The van der Waals surface area contributed by atoms with Gasteiger partial charge in [-0.3, -0.25) is 14.6 Å². The van der Waals surface area contributed by atoms with Gasteiger partial charge in [0.15, 0.2) is 5.82 Å². The van der Waals surface area contributed by atoms with Gasteiger partial charge in [0.1, 0.15) is 5.82 Å². The molecule has 9 heteroatoms. The number of rotatable bonds is 5. The Morgan fingerprint density at radius 1 is 1.17 bits per heavy atom. The van der Waals surface area contributed by atoms with Crippen LogP contribution in [-0.4, -0.2) is 69.1 Å². The van der Waals surface area contributed by atoms with Gasteiger partial charge < -0.3 is 5.32 Å². The van der Waals surface area contributed by atoms with Gasteiger partial charge in [-0.2, -0.15) is 5.21 Å². The molecule has 0 spiro atoms. The molecule has 0 saturated carbocycles. The Balaban J connectivity index is 1.41. The molecule has 8 nitrogen and oxygen atoms in total. The number of hydrogen-bond donors (Lipinski definition) is 2. The van der Waals surface area contributed by atoms with E-state index < -0.39 is 0 Å². The number of amides is 1. The van der Waals surface area contributed by atoms with Crippen molar-refractivity contribution in [3.8, 4) is 0 Å². The van der Waals surface area contributed by atoms with E-state index in [2.05, 4.69) is 35.7 Å². The van der Waals surface area contributed by atoms with Crippen LogP contribution in [0, 0.1) is 5.82 Å². The van der Waals surface area contributed by atoms with Crippen molar-refractivity contribution in [1.82, 2.24) is 30.4 Å². The van der Waals surface area contributed by atoms with Crippen molar-refractivity contribution in [2.24, 2.45) is 0 Å². The van der Waals surface area contributed by atoms with Crippen LogP contribution in [0.2, 0.25) is 0 Å². The fourth-order valence-corrected chi connectivity index (χ4v) is 2.49. The lowest BCUT2D eigenvalue weighted by Gasteiger charge is -2.33. The number of benzene rings is 1. The molecular formula is C14H18FN7O. The van der Waals surface area contributed by atoms with Gasteiger partial charge in [-0.1, -0.05) is 5.21 Å². The van der Waals surface area contributed by atoms with Gasteiger partial charge in [0.2, 0.25) is 5.91 Å². The zero-order chi connectivity index (χ0) is 16.1. The van der Waals surface area contributed by atoms with E-state index in [1.807, 2.05) is 0 Å². The minimum Gasteiger partial charge on any atom is -0.325 e. The molecule has 0 aliphatic carbocycles. The third-order valence-electron chi connectivity index (χ3n) is 3.71. The fourth-order valence-electron chi connectivity index (χ4n) is 2.49. The second kappa shape index (κ2) is 7.25. The number of aromatic amines is 1. The van der Waals surface area contributed by atoms with Gasteiger partial charge in [-0.05, 0) is 24.3 Å². The molecule has 2 heterocycles. The standard InChI is InChI=1S/C14H18FN7O/c15-11-1-3-12(4-2-11)16-14(23)10-22-7-5-21(6-8-22)9-13-17-19-20-18-13/h1-4H,5-10H2,(H,16,23)(H,17,18,19,20). The second-order valence-corrected chi connectivity index (χ2v) is 5.44. The van der Waals surface area contributed by atoms with Gasteiger partial charge >= 0.3 is 0 Å². The summed E-state index contributed by atoms with van der Waals surface area (Å²) in [6, 6.07) is 5.75. The van der Waals surface area contributed by atoms with Crippen molar-refractivity contribution in [2.75, 3.05) is 38.0 Å². The average Bonchev–Trinajstić information content (AvgIpc) is 3.04. The lowest BCUT2D eigenvalue weighted by Crippen LogP contribution is -2.48. The normalized spacial score (nSPS) is 16.4. The molecule has 1 amide bonds. The number of carbonyl (C=O) groups is 1. The number of hydrogen-bond acceptors (Lipinski definition) is 6. The summed E-state index contributed by atoms with van der Waals surface area (Å²) in [6.45, 7) is 4.28. The molecule has 0 unspecified atom stereocenters. The third-order valence-corrected chi connectivity index (χ3v) is 3.71. The highest BCUT2D eigenvalue weighted by Crippen LogP contribution is 2.09.